The van der Waals surface area contributed by atoms with Gasteiger partial charge < -0.3 is 14.5 Å². The van der Waals surface area contributed by atoms with Crippen LogP contribution in [0.1, 0.15) is 46.5 Å². The predicted molar refractivity (Wildman–Crippen MR) is 117 cm³/mol. The lowest BCUT2D eigenvalue weighted by atomic mass is 10.00. The number of carbonyl (C=O) groups is 1. The molecule has 7 nitrogen and oxygen atoms in total. The van der Waals surface area contributed by atoms with Crippen molar-refractivity contribution in [1.29, 1.82) is 0 Å². The number of amides is 1. The molecule has 162 valence electrons. The van der Waals surface area contributed by atoms with Gasteiger partial charge in [0, 0.05) is 32.8 Å². The van der Waals surface area contributed by atoms with Gasteiger partial charge in [0.15, 0.2) is 5.16 Å². The Bertz CT molecular complexity index is 693. The molecule has 0 saturated carbocycles. The minimum absolute atomic E-state index is 0.112. The lowest BCUT2D eigenvalue weighted by Crippen LogP contribution is -2.35. The van der Waals surface area contributed by atoms with Gasteiger partial charge in [-0.1, -0.05) is 30.8 Å². The number of hydrogen-bond acceptors (Lipinski definition) is 6. The Morgan fingerprint density at radius 2 is 2.07 bits per heavy atom. The van der Waals surface area contributed by atoms with Crippen molar-refractivity contribution in [2.75, 3.05) is 43.4 Å². The average molecular weight is 422 g/mol. The Hall–Kier alpha value is -1.54. The van der Waals surface area contributed by atoms with E-state index in [0.29, 0.717) is 18.8 Å². The van der Waals surface area contributed by atoms with Crippen LogP contribution in [0.15, 0.2) is 17.3 Å². The van der Waals surface area contributed by atoms with Crippen LogP contribution < -0.4 is 4.90 Å². The Kier molecular flexibility index (Phi) is 8.00. The SMILES string of the molecule is C=C(C)CN(CC)C(=O)CSc1nnc(N2CCC(C)CC2)n1CC1CCCO1. The highest BCUT2D eigenvalue weighted by Crippen LogP contribution is 2.28. The zero-order valence-electron chi connectivity index (χ0n) is 18.1. The number of rotatable bonds is 9. The molecule has 2 aliphatic rings. The monoisotopic (exact) mass is 421 g/mol. The van der Waals surface area contributed by atoms with Gasteiger partial charge in [0.05, 0.1) is 18.4 Å². The van der Waals surface area contributed by atoms with Crippen LogP contribution in [0.3, 0.4) is 0 Å². The maximum atomic E-state index is 12.7. The van der Waals surface area contributed by atoms with Crippen molar-refractivity contribution in [2.24, 2.45) is 5.92 Å². The van der Waals surface area contributed by atoms with Crippen LogP contribution in [-0.2, 0) is 16.1 Å². The second-order valence-corrected chi connectivity index (χ2v) is 9.29. The molecule has 0 spiro atoms. The van der Waals surface area contributed by atoms with Crippen LogP contribution in [0.4, 0.5) is 5.95 Å². The largest absolute Gasteiger partial charge is 0.376 e. The first kappa shape index (κ1) is 22.2. The summed E-state index contributed by atoms with van der Waals surface area (Å²) in [6, 6.07) is 0. The topological polar surface area (TPSA) is 63.5 Å². The minimum atomic E-state index is 0.112. The summed E-state index contributed by atoms with van der Waals surface area (Å²) in [5, 5.41) is 9.80. The predicted octanol–water partition coefficient (Wildman–Crippen LogP) is 3.21. The first-order chi connectivity index (χ1) is 14.0. The van der Waals surface area contributed by atoms with Crippen LogP contribution in [0, 0.1) is 5.92 Å². The number of ether oxygens (including phenoxy) is 1. The van der Waals surface area contributed by atoms with Crippen LogP contribution in [0.5, 0.6) is 0 Å². The van der Waals surface area contributed by atoms with Gasteiger partial charge in [-0.15, -0.1) is 10.2 Å². The molecule has 0 N–H and O–H groups in total. The molecule has 3 rings (SSSR count). The Morgan fingerprint density at radius 3 is 2.69 bits per heavy atom. The second kappa shape index (κ2) is 10.5. The molecular formula is C21H35N5O2S. The quantitative estimate of drug-likeness (QED) is 0.451. The zero-order valence-corrected chi connectivity index (χ0v) is 18.9. The summed E-state index contributed by atoms with van der Waals surface area (Å²) < 4.78 is 8.06. The van der Waals surface area contributed by atoms with E-state index in [-0.39, 0.29) is 12.0 Å². The molecule has 1 amide bonds. The molecule has 1 atom stereocenters. The van der Waals surface area contributed by atoms with Crippen LogP contribution >= 0.6 is 11.8 Å². The summed E-state index contributed by atoms with van der Waals surface area (Å²) in [5.41, 5.74) is 0.994. The van der Waals surface area contributed by atoms with Crippen molar-refractivity contribution < 1.29 is 9.53 Å². The zero-order chi connectivity index (χ0) is 20.8. The molecule has 3 heterocycles. The normalized spacial score (nSPS) is 20.2. The number of likely N-dealkylation sites (N-methyl/N-ethyl adjacent to an activating group) is 1. The van der Waals surface area contributed by atoms with E-state index in [1.54, 1.807) is 0 Å². The number of piperidine rings is 1. The van der Waals surface area contributed by atoms with E-state index in [1.807, 2.05) is 18.7 Å². The molecule has 29 heavy (non-hydrogen) atoms. The van der Waals surface area contributed by atoms with E-state index in [0.717, 1.165) is 61.7 Å². The molecule has 2 saturated heterocycles. The van der Waals surface area contributed by atoms with E-state index in [2.05, 4.69) is 33.2 Å². The van der Waals surface area contributed by atoms with Gasteiger partial charge in [-0.3, -0.25) is 9.36 Å². The molecule has 0 aliphatic carbocycles. The molecule has 2 fully saturated rings. The van der Waals surface area contributed by atoms with Gasteiger partial charge in [-0.05, 0) is 45.4 Å². The summed E-state index contributed by atoms with van der Waals surface area (Å²) in [4.78, 5) is 16.8. The number of carbonyl (C=O) groups excluding carboxylic acids is 1. The Morgan fingerprint density at radius 1 is 1.31 bits per heavy atom. The van der Waals surface area contributed by atoms with Gasteiger partial charge in [-0.25, -0.2) is 0 Å². The fourth-order valence-corrected chi connectivity index (χ4v) is 4.75. The van der Waals surface area contributed by atoms with Crippen LogP contribution in [0.2, 0.25) is 0 Å². The third-order valence-electron chi connectivity index (χ3n) is 5.69. The van der Waals surface area contributed by atoms with Crippen molar-refractivity contribution >= 4 is 23.6 Å². The number of aromatic nitrogens is 3. The standard InChI is InChI=1S/C21H35N5O2S/c1-5-24(13-16(2)3)19(27)15-29-21-23-22-20(25-10-8-17(4)9-11-25)26(21)14-18-7-6-12-28-18/h17-18H,2,5-15H2,1,3-4H3. The Balaban J connectivity index is 1.71. The number of nitrogens with zero attached hydrogens (tertiary/aromatic N) is 5. The molecule has 8 heteroatoms. The smallest absolute Gasteiger partial charge is 0.233 e. The lowest BCUT2D eigenvalue weighted by Gasteiger charge is -2.31. The highest BCUT2D eigenvalue weighted by molar-refractivity contribution is 7.99. The van der Waals surface area contributed by atoms with E-state index in [1.165, 1.54) is 24.6 Å². The summed E-state index contributed by atoms with van der Waals surface area (Å²) in [7, 11) is 0. The second-order valence-electron chi connectivity index (χ2n) is 8.35. The minimum Gasteiger partial charge on any atom is -0.376 e. The summed E-state index contributed by atoms with van der Waals surface area (Å²) in [5.74, 6) is 2.17. The molecule has 1 unspecified atom stereocenters. The molecule has 1 aromatic rings. The van der Waals surface area contributed by atoms with Gasteiger partial charge in [0.1, 0.15) is 0 Å². The molecule has 2 aliphatic heterocycles. The molecule has 0 bridgehead atoms. The lowest BCUT2D eigenvalue weighted by molar-refractivity contribution is -0.127. The summed E-state index contributed by atoms with van der Waals surface area (Å²) in [6.45, 7) is 15.1. The first-order valence-corrected chi connectivity index (χ1v) is 11.8. The molecule has 0 aromatic carbocycles. The van der Waals surface area contributed by atoms with E-state index < -0.39 is 0 Å². The van der Waals surface area contributed by atoms with Crippen LogP contribution in [-0.4, -0.2) is 70.2 Å². The van der Waals surface area contributed by atoms with Gasteiger partial charge in [0.2, 0.25) is 11.9 Å². The number of anilines is 1. The average Bonchev–Trinajstić information content (AvgIpc) is 3.35. The van der Waals surface area contributed by atoms with Crippen molar-refractivity contribution in [1.82, 2.24) is 19.7 Å². The van der Waals surface area contributed by atoms with E-state index in [4.69, 9.17) is 4.74 Å². The fourth-order valence-electron chi connectivity index (χ4n) is 3.90. The molecular weight excluding hydrogens is 386 g/mol. The van der Waals surface area contributed by atoms with Crippen LogP contribution in [0.25, 0.3) is 0 Å². The number of thioether (sulfide) groups is 1. The van der Waals surface area contributed by atoms with Gasteiger partial charge in [-0.2, -0.15) is 0 Å². The molecule has 0 radical (unpaired) electrons. The van der Waals surface area contributed by atoms with E-state index >= 15 is 0 Å². The Labute approximate surface area is 178 Å². The highest BCUT2D eigenvalue weighted by atomic mass is 32.2. The highest BCUT2D eigenvalue weighted by Gasteiger charge is 2.26. The van der Waals surface area contributed by atoms with Crippen molar-refractivity contribution in [3.8, 4) is 0 Å². The number of hydrogen-bond donors (Lipinski definition) is 0. The van der Waals surface area contributed by atoms with Gasteiger partial charge >= 0.3 is 0 Å². The van der Waals surface area contributed by atoms with Crippen molar-refractivity contribution in [3.63, 3.8) is 0 Å². The third-order valence-corrected chi connectivity index (χ3v) is 6.65. The third kappa shape index (κ3) is 5.98. The fraction of sp³-hybridized carbons (Fsp3) is 0.762. The summed E-state index contributed by atoms with van der Waals surface area (Å²) in [6.07, 6.45) is 4.75. The maximum absolute atomic E-state index is 12.7. The molecule has 1 aromatic heterocycles. The summed E-state index contributed by atoms with van der Waals surface area (Å²) >= 11 is 1.48. The maximum Gasteiger partial charge on any atom is 0.233 e. The first-order valence-electron chi connectivity index (χ1n) is 10.8. The van der Waals surface area contributed by atoms with Crippen molar-refractivity contribution in [3.05, 3.63) is 12.2 Å². The van der Waals surface area contributed by atoms with E-state index in [9.17, 15) is 4.79 Å². The van der Waals surface area contributed by atoms with Crippen molar-refractivity contribution in [2.45, 2.75) is 64.3 Å². The van der Waals surface area contributed by atoms with Gasteiger partial charge in [0.25, 0.3) is 0 Å².